The summed E-state index contributed by atoms with van der Waals surface area (Å²) in [4.78, 5) is 24.5. The van der Waals surface area contributed by atoms with E-state index in [1.54, 1.807) is 10.6 Å². The minimum absolute atomic E-state index is 0.0654. The summed E-state index contributed by atoms with van der Waals surface area (Å²) < 4.78 is 32.8. The van der Waals surface area contributed by atoms with Gasteiger partial charge in [-0.25, -0.2) is 14.3 Å². The van der Waals surface area contributed by atoms with E-state index in [-0.39, 0.29) is 22.4 Å². The van der Waals surface area contributed by atoms with E-state index in [1.807, 2.05) is 31.2 Å². The van der Waals surface area contributed by atoms with Crippen LogP contribution in [0.3, 0.4) is 0 Å². The molecule has 0 amide bonds. The predicted molar refractivity (Wildman–Crippen MR) is 154 cm³/mol. The van der Waals surface area contributed by atoms with Crippen molar-refractivity contribution in [1.82, 2.24) is 14.3 Å². The number of nitrogens with zero attached hydrogens (tertiary/aromatic N) is 3. The van der Waals surface area contributed by atoms with E-state index in [0.29, 0.717) is 25.1 Å². The first-order chi connectivity index (χ1) is 19.5. The van der Waals surface area contributed by atoms with Crippen LogP contribution in [0.5, 0.6) is 5.75 Å². The van der Waals surface area contributed by atoms with E-state index in [9.17, 15) is 23.5 Å². The molecule has 0 bridgehead atoms. The van der Waals surface area contributed by atoms with Crippen molar-refractivity contribution >= 4 is 5.97 Å². The quantitative estimate of drug-likeness (QED) is 0.224. The van der Waals surface area contributed by atoms with Crippen LogP contribution in [0, 0.1) is 0 Å². The van der Waals surface area contributed by atoms with Crippen molar-refractivity contribution in [2.75, 3.05) is 0 Å². The van der Waals surface area contributed by atoms with Gasteiger partial charge in [-0.05, 0) is 65.1 Å². The van der Waals surface area contributed by atoms with Crippen LogP contribution in [-0.4, -0.2) is 32.0 Å². The standard InChI is InChI=1S/C32H35F2N3O4/c1-5-36-28(35-37(31(36)40)20-22-11-16-25(17-12-22)32(2,3)4)8-6-7-21-9-13-23(14-10-21)24-15-18-27(41-30(33)34)26(19-24)29(38)39/h9-19,30H,5-8,20H2,1-4H3,(H,38,39). The number of rotatable bonds is 11. The Hall–Kier alpha value is -4.27. The molecule has 0 radical (unpaired) electrons. The summed E-state index contributed by atoms with van der Waals surface area (Å²) in [5, 5.41) is 14.0. The normalized spacial score (nSPS) is 11.7. The zero-order valence-electron chi connectivity index (χ0n) is 23.7. The fraction of sp³-hybridized carbons (Fsp3) is 0.344. The zero-order valence-corrected chi connectivity index (χ0v) is 23.7. The Kier molecular flexibility index (Phi) is 9.05. The fourth-order valence-electron chi connectivity index (χ4n) is 4.76. The van der Waals surface area contributed by atoms with E-state index >= 15 is 0 Å². The van der Waals surface area contributed by atoms with E-state index < -0.39 is 12.6 Å². The van der Waals surface area contributed by atoms with Gasteiger partial charge in [0, 0.05) is 13.0 Å². The highest BCUT2D eigenvalue weighted by molar-refractivity contribution is 5.92. The summed E-state index contributed by atoms with van der Waals surface area (Å²) in [6.45, 7) is 6.31. The largest absolute Gasteiger partial charge is 0.478 e. The molecule has 7 nitrogen and oxygen atoms in total. The van der Waals surface area contributed by atoms with Gasteiger partial charge in [0.2, 0.25) is 0 Å². The molecule has 4 aromatic rings. The highest BCUT2D eigenvalue weighted by Crippen LogP contribution is 2.28. The minimum Gasteiger partial charge on any atom is -0.478 e. The summed E-state index contributed by atoms with van der Waals surface area (Å²) in [5.74, 6) is -0.961. The van der Waals surface area contributed by atoms with Crippen molar-refractivity contribution in [3.63, 3.8) is 0 Å². The van der Waals surface area contributed by atoms with Crippen LogP contribution in [0.1, 0.15) is 67.0 Å². The molecule has 0 unspecified atom stereocenters. The highest BCUT2D eigenvalue weighted by Gasteiger charge is 2.17. The molecule has 0 atom stereocenters. The first-order valence-corrected chi connectivity index (χ1v) is 13.6. The number of carbonyl (C=O) groups is 1. The van der Waals surface area contributed by atoms with E-state index in [2.05, 4.69) is 54.9 Å². The Morgan fingerprint density at radius 3 is 2.17 bits per heavy atom. The number of aryl methyl sites for hydroxylation is 2. The second-order valence-electron chi connectivity index (χ2n) is 11.0. The molecular weight excluding hydrogens is 528 g/mol. The predicted octanol–water partition coefficient (Wildman–Crippen LogP) is 6.55. The summed E-state index contributed by atoms with van der Waals surface area (Å²) >= 11 is 0. The van der Waals surface area contributed by atoms with Crippen LogP contribution >= 0.6 is 0 Å². The molecule has 0 saturated carbocycles. The van der Waals surface area contributed by atoms with Gasteiger partial charge in [0.25, 0.3) is 0 Å². The van der Waals surface area contributed by atoms with Crippen LogP contribution in [0.2, 0.25) is 0 Å². The Bertz CT molecular complexity index is 1550. The zero-order chi connectivity index (χ0) is 29.7. The number of carboxylic acids is 1. The lowest BCUT2D eigenvalue weighted by Gasteiger charge is -2.19. The number of benzene rings is 3. The molecule has 9 heteroatoms. The number of ether oxygens (including phenoxy) is 1. The van der Waals surface area contributed by atoms with Gasteiger partial charge in [0.1, 0.15) is 17.1 Å². The van der Waals surface area contributed by atoms with Gasteiger partial charge < -0.3 is 9.84 Å². The molecule has 1 N–H and O–H groups in total. The van der Waals surface area contributed by atoms with Gasteiger partial charge in [0.15, 0.2) is 0 Å². The Morgan fingerprint density at radius 2 is 1.59 bits per heavy atom. The third kappa shape index (κ3) is 7.28. The molecule has 0 spiro atoms. The smallest absolute Gasteiger partial charge is 0.387 e. The van der Waals surface area contributed by atoms with Crippen LogP contribution in [0.15, 0.2) is 71.5 Å². The minimum atomic E-state index is -3.11. The molecule has 0 aliphatic heterocycles. The maximum Gasteiger partial charge on any atom is 0.387 e. The molecule has 1 heterocycles. The van der Waals surface area contributed by atoms with Gasteiger partial charge in [-0.3, -0.25) is 4.57 Å². The van der Waals surface area contributed by atoms with Crippen molar-refractivity contribution in [1.29, 1.82) is 0 Å². The average molecular weight is 564 g/mol. The number of alkyl halides is 2. The number of aromatic nitrogens is 3. The summed E-state index contributed by atoms with van der Waals surface area (Å²) in [6.07, 6.45) is 2.20. The van der Waals surface area contributed by atoms with Crippen LogP contribution < -0.4 is 10.4 Å². The monoisotopic (exact) mass is 563 g/mol. The second-order valence-corrected chi connectivity index (χ2v) is 11.0. The third-order valence-electron chi connectivity index (χ3n) is 7.05. The Labute approximate surface area is 238 Å². The lowest BCUT2D eigenvalue weighted by molar-refractivity contribution is -0.0503. The molecule has 0 aliphatic rings. The number of aromatic carboxylic acids is 1. The first-order valence-electron chi connectivity index (χ1n) is 13.6. The highest BCUT2D eigenvalue weighted by atomic mass is 19.3. The van der Waals surface area contributed by atoms with Crippen molar-refractivity contribution in [2.24, 2.45) is 0 Å². The molecule has 3 aromatic carbocycles. The van der Waals surface area contributed by atoms with Gasteiger partial charge in [-0.1, -0.05) is 75.4 Å². The number of hydrogen-bond donors (Lipinski definition) is 1. The molecule has 0 fully saturated rings. The van der Waals surface area contributed by atoms with Crippen LogP contribution in [0.4, 0.5) is 8.78 Å². The van der Waals surface area contributed by atoms with Crippen LogP contribution in [0.25, 0.3) is 11.1 Å². The first kappa shape index (κ1) is 29.7. The molecule has 216 valence electrons. The van der Waals surface area contributed by atoms with E-state index in [0.717, 1.165) is 35.4 Å². The van der Waals surface area contributed by atoms with Crippen molar-refractivity contribution in [3.8, 4) is 16.9 Å². The topological polar surface area (TPSA) is 86.3 Å². The average Bonchev–Trinajstić information content (AvgIpc) is 3.22. The Balaban J connectivity index is 1.40. The summed E-state index contributed by atoms with van der Waals surface area (Å²) in [6, 6.07) is 20.1. The maximum atomic E-state index is 13.0. The molecular formula is C32H35F2N3O4. The SMILES string of the molecule is CCn1c(CCCc2ccc(-c3ccc(OC(F)F)c(C(=O)O)c3)cc2)nn(Cc2ccc(C(C)(C)C)cc2)c1=O. The van der Waals surface area contributed by atoms with E-state index in [4.69, 9.17) is 0 Å². The van der Waals surface area contributed by atoms with Gasteiger partial charge >= 0.3 is 18.3 Å². The second kappa shape index (κ2) is 12.5. The Morgan fingerprint density at radius 1 is 0.951 bits per heavy atom. The van der Waals surface area contributed by atoms with E-state index in [1.165, 1.54) is 22.4 Å². The summed E-state index contributed by atoms with van der Waals surface area (Å²) in [5.41, 5.74) is 4.31. The third-order valence-corrected chi connectivity index (χ3v) is 7.05. The molecule has 4 rings (SSSR count). The van der Waals surface area contributed by atoms with Gasteiger partial charge in [-0.15, -0.1) is 0 Å². The molecule has 0 saturated heterocycles. The molecule has 1 aromatic heterocycles. The maximum absolute atomic E-state index is 13.0. The van der Waals surface area contributed by atoms with Gasteiger partial charge in [0.05, 0.1) is 6.54 Å². The molecule has 0 aliphatic carbocycles. The number of hydrogen-bond acceptors (Lipinski definition) is 4. The van der Waals surface area contributed by atoms with Crippen molar-refractivity contribution in [2.45, 2.75) is 72.1 Å². The number of carboxylic acid groups (broad SMARTS) is 1. The van der Waals surface area contributed by atoms with Crippen molar-refractivity contribution in [3.05, 3.63) is 105 Å². The lowest BCUT2D eigenvalue weighted by atomic mass is 9.87. The van der Waals surface area contributed by atoms with Crippen LogP contribution in [-0.2, 0) is 31.3 Å². The summed E-state index contributed by atoms with van der Waals surface area (Å²) in [7, 11) is 0. The van der Waals surface area contributed by atoms with Crippen molar-refractivity contribution < 1.29 is 23.4 Å². The number of halogens is 2. The molecule has 41 heavy (non-hydrogen) atoms. The fourth-order valence-corrected chi connectivity index (χ4v) is 4.76. The van der Waals surface area contributed by atoms with Gasteiger partial charge in [-0.2, -0.15) is 13.9 Å². The lowest BCUT2D eigenvalue weighted by Crippen LogP contribution is -2.25.